The summed E-state index contributed by atoms with van der Waals surface area (Å²) in [5, 5.41) is -0.163. The van der Waals surface area contributed by atoms with Crippen LogP contribution in [0.4, 0.5) is 0 Å². The molecule has 0 radical (unpaired) electrons. The van der Waals surface area contributed by atoms with E-state index in [0.717, 1.165) is 24.5 Å². The standard InChI is InChI=1S/C14H10Br3Cl/c1-8-6-9(2-4-12(8)16)14(18)11-7-10(15)3-5-13(11)17/h2-7,14H,1H3. The van der Waals surface area contributed by atoms with Crippen LogP contribution in [0.25, 0.3) is 0 Å². The number of rotatable bonds is 2. The molecule has 0 aliphatic heterocycles. The van der Waals surface area contributed by atoms with Crippen LogP contribution in [0.3, 0.4) is 0 Å². The largest absolute Gasteiger partial charge is 0.113 e. The summed E-state index contributed by atoms with van der Waals surface area (Å²) < 4.78 is 3.15. The van der Waals surface area contributed by atoms with Crippen molar-refractivity contribution in [2.45, 2.75) is 12.3 Å². The Morgan fingerprint density at radius 1 is 0.944 bits per heavy atom. The van der Waals surface area contributed by atoms with E-state index in [2.05, 4.69) is 60.8 Å². The van der Waals surface area contributed by atoms with Gasteiger partial charge in [-0.15, -0.1) is 11.6 Å². The highest BCUT2D eigenvalue weighted by atomic mass is 79.9. The van der Waals surface area contributed by atoms with Gasteiger partial charge < -0.3 is 0 Å². The highest BCUT2D eigenvalue weighted by molar-refractivity contribution is 9.11. The highest BCUT2D eigenvalue weighted by Gasteiger charge is 2.15. The number of alkyl halides is 1. The SMILES string of the molecule is Cc1cc(C(Cl)c2cc(Br)ccc2Br)ccc1Br. The molecule has 4 heteroatoms. The molecule has 0 saturated carbocycles. The number of hydrogen-bond donors (Lipinski definition) is 0. The van der Waals surface area contributed by atoms with Gasteiger partial charge in [0.25, 0.3) is 0 Å². The van der Waals surface area contributed by atoms with Gasteiger partial charge in [-0.05, 0) is 47.9 Å². The molecule has 0 saturated heterocycles. The normalized spacial score (nSPS) is 12.5. The van der Waals surface area contributed by atoms with Crippen molar-refractivity contribution in [2.24, 2.45) is 0 Å². The lowest BCUT2D eigenvalue weighted by molar-refractivity contribution is 1.11. The van der Waals surface area contributed by atoms with Crippen molar-refractivity contribution < 1.29 is 0 Å². The fourth-order valence-corrected chi connectivity index (χ4v) is 3.26. The van der Waals surface area contributed by atoms with Gasteiger partial charge in [0.15, 0.2) is 0 Å². The summed E-state index contributed by atoms with van der Waals surface area (Å²) in [7, 11) is 0. The summed E-state index contributed by atoms with van der Waals surface area (Å²) in [6.45, 7) is 2.06. The summed E-state index contributed by atoms with van der Waals surface area (Å²) >= 11 is 17.1. The van der Waals surface area contributed by atoms with Gasteiger partial charge in [0.05, 0.1) is 5.38 Å². The Labute approximate surface area is 137 Å². The molecule has 0 spiro atoms. The molecular formula is C14H10Br3Cl. The molecule has 0 nitrogen and oxygen atoms in total. The van der Waals surface area contributed by atoms with Gasteiger partial charge in [0.2, 0.25) is 0 Å². The Morgan fingerprint density at radius 3 is 2.28 bits per heavy atom. The van der Waals surface area contributed by atoms with E-state index in [9.17, 15) is 0 Å². The first-order valence-corrected chi connectivity index (χ1v) is 8.15. The smallest absolute Gasteiger partial charge is 0.0846 e. The van der Waals surface area contributed by atoms with Gasteiger partial charge in [-0.25, -0.2) is 0 Å². The van der Waals surface area contributed by atoms with E-state index >= 15 is 0 Å². The van der Waals surface area contributed by atoms with Gasteiger partial charge >= 0.3 is 0 Å². The van der Waals surface area contributed by atoms with Crippen LogP contribution in [-0.2, 0) is 0 Å². The van der Waals surface area contributed by atoms with Crippen LogP contribution < -0.4 is 0 Å². The van der Waals surface area contributed by atoms with E-state index in [1.54, 1.807) is 0 Å². The minimum absolute atomic E-state index is 0.163. The molecule has 0 fully saturated rings. The van der Waals surface area contributed by atoms with Gasteiger partial charge in [-0.3, -0.25) is 0 Å². The van der Waals surface area contributed by atoms with Crippen LogP contribution in [0.1, 0.15) is 22.1 Å². The third-order valence-electron chi connectivity index (χ3n) is 2.71. The summed E-state index contributed by atoms with van der Waals surface area (Å²) in [4.78, 5) is 0. The molecule has 18 heavy (non-hydrogen) atoms. The second-order valence-electron chi connectivity index (χ2n) is 4.04. The lowest BCUT2D eigenvalue weighted by Gasteiger charge is -2.14. The predicted octanol–water partition coefficient (Wildman–Crippen LogP) is 6.61. The Morgan fingerprint density at radius 2 is 1.61 bits per heavy atom. The van der Waals surface area contributed by atoms with Crippen molar-refractivity contribution in [3.63, 3.8) is 0 Å². The zero-order valence-electron chi connectivity index (χ0n) is 9.55. The van der Waals surface area contributed by atoms with Crippen molar-refractivity contribution in [2.75, 3.05) is 0 Å². The highest BCUT2D eigenvalue weighted by Crippen LogP contribution is 2.36. The third-order valence-corrected chi connectivity index (χ3v) is 5.30. The average Bonchev–Trinajstić information content (AvgIpc) is 2.35. The molecule has 0 N–H and O–H groups in total. The van der Waals surface area contributed by atoms with Crippen LogP contribution in [0.5, 0.6) is 0 Å². The summed E-state index contributed by atoms with van der Waals surface area (Å²) in [6, 6.07) is 12.2. The van der Waals surface area contributed by atoms with E-state index in [-0.39, 0.29) is 5.38 Å². The zero-order chi connectivity index (χ0) is 13.3. The van der Waals surface area contributed by atoms with Crippen LogP contribution in [0.15, 0.2) is 49.8 Å². The molecule has 0 bridgehead atoms. The van der Waals surface area contributed by atoms with E-state index in [1.807, 2.05) is 30.3 Å². The number of halogens is 4. The first kappa shape index (κ1) is 14.6. The summed E-state index contributed by atoms with van der Waals surface area (Å²) in [6.07, 6.45) is 0. The molecule has 2 aromatic rings. The van der Waals surface area contributed by atoms with Crippen molar-refractivity contribution in [1.82, 2.24) is 0 Å². The van der Waals surface area contributed by atoms with Gasteiger partial charge in [0.1, 0.15) is 0 Å². The Balaban J connectivity index is 2.44. The maximum absolute atomic E-state index is 6.57. The molecular weight excluding hydrogens is 443 g/mol. The van der Waals surface area contributed by atoms with Crippen LogP contribution in [0, 0.1) is 6.92 Å². The van der Waals surface area contributed by atoms with Gasteiger partial charge in [-0.1, -0.05) is 59.9 Å². The zero-order valence-corrected chi connectivity index (χ0v) is 15.1. The molecule has 0 heterocycles. The monoisotopic (exact) mass is 450 g/mol. The Kier molecular flexibility index (Phi) is 4.92. The van der Waals surface area contributed by atoms with E-state index in [0.29, 0.717) is 0 Å². The van der Waals surface area contributed by atoms with Crippen LogP contribution in [-0.4, -0.2) is 0 Å². The fraction of sp³-hybridized carbons (Fsp3) is 0.143. The molecule has 1 atom stereocenters. The third kappa shape index (κ3) is 3.19. The van der Waals surface area contributed by atoms with Gasteiger partial charge in [-0.2, -0.15) is 0 Å². The Bertz CT molecular complexity index is 581. The maximum atomic E-state index is 6.57. The first-order chi connectivity index (χ1) is 8.49. The lowest BCUT2D eigenvalue weighted by atomic mass is 10.0. The maximum Gasteiger partial charge on any atom is 0.0846 e. The van der Waals surface area contributed by atoms with Crippen LogP contribution >= 0.6 is 59.4 Å². The molecule has 0 aliphatic rings. The van der Waals surface area contributed by atoms with Crippen molar-refractivity contribution in [3.05, 3.63) is 66.5 Å². The average molecular weight is 453 g/mol. The summed E-state index contributed by atoms with van der Waals surface area (Å²) in [5.41, 5.74) is 3.34. The quantitative estimate of drug-likeness (QED) is 0.449. The summed E-state index contributed by atoms with van der Waals surface area (Å²) in [5.74, 6) is 0. The second kappa shape index (κ2) is 6.08. The fourth-order valence-electron chi connectivity index (χ4n) is 1.71. The molecule has 0 amide bonds. The lowest BCUT2D eigenvalue weighted by Crippen LogP contribution is -1.95. The van der Waals surface area contributed by atoms with Crippen LogP contribution in [0.2, 0.25) is 0 Å². The minimum Gasteiger partial charge on any atom is -0.113 e. The molecule has 94 valence electrons. The first-order valence-electron chi connectivity index (χ1n) is 5.34. The molecule has 0 aliphatic carbocycles. The van der Waals surface area contributed by atoms with Gasteiger partial charge in [0, 0.05) is 13.4 Å². The second-order valence-corrected chi connectivity index (χ2v) is 7.10. The molecule has 2 aromatic carbocycles. The van der Waals surface area contributed by atoms with E-state index in [1.165, 1.54) is 5.56 Å². The molecule has 0 aromatic heterocycles. The number of aryl methyl sites for hydroxylation is 1. The minimum atomic E-state index is -0.163. The van der Waals surface area contributed by atoms with Crippen molar-refractivity contribution >= 4 is 59.4 Å². The predicted molar refractivity (Wildman–Crippen MR) is 88.4 cm³/mol. The topological polar surface area (TPSA) is 0 Å². The number of benzene rings is 2. The van der Waals surface area contributed by atoms with Crippen molar-refractivity contribution in [3.8, 4) is 0 Å². The molecule has 2 rings (SSSR count). The van der Waals surface area contributed by atoms with Crippen molar-refractivity contribution in [1.29, 1.82) is 0 Å². The number of hydrogen-bond acceptors (Lipinski definition) is 0. The molecule has 1 unspecified atom stereocenters. The van der Waals surface area contributed by atoms with E-state index < -0.39 is 0 Å². The van der Waals surface area contributed by atoms with E-state index in [4.69, 9.17) is 11.6 Å². The Hall–Kier alpha value is 0.170.